The van der Waals surface area contributed by atoms with Gasteiger partial charge in [-0.15, -0.1) is 0 Å². The Balaban J connectivity index is 1.68. The highest BCUT2D eigenvalue weighted by Crippen LogP contribution is 2.22. The third-order valence-electron chi connectivity index (χ3n) is 3.89. The van der Waals surface area contributed by atoms with Gasteiger partial charge in [-0.3, -0.25) is 9.59 Å². The average molecular weight is 312 g/mol. The molecule has 4 nitrogen and oxygen atoms in total. The molecule has 0 saturated carbocycles. The lowest BCUT2D eigenvalue weighted by molar-refractivity contribution is -0.117. The molecule has 1 atom stereocenters. The summed E-state index contributed by atoms with van der Waals surface area (Å²) in [7, 11) is 0. The van der Waals surface area contributed by atoms with Gasteiger partial charge in [0.25, 0.3) is 5.91 Å². The zero-order valence-corrected chi connectivity index (χ0v) is 12.8. The first-order valence-corrected chi connectivity index (χ1v) is 7.46. The summed E-state index contributed by atoms with van der Waals surface area (Å²) in [5, 5.41) is 2.80. The topological polar surface area (TPSA) is 49.4 Å². The van der Waals surface area contributed by atoms with Crippen molar-refractivity contribution in [1.29, 1.82) is 0 Å². The molecule has 1 N–H and O–H groups in total. The van der Waals surface area contributed by atoms with Crippen LogP contribution in [0.1, 0.15) is 22.3 Å². The number of rotatable bonds is 3. The second kappa shape index (κ2) is 6.20. The van der Waals surface area contributed by atoms with E-state index in [1.807, 2.05) is 31.2 Å². The highest BCUT2D eigenvalue weighted by molar-refractivity contribution is 5.98. The van der Waals surface area contributed by atoms with Gasteiger partial charge >= 0.3 is 0 Å². The number of carbonyl (C=O) groups excluding carboxylic acids is 2. The van der Waals surface area contributed by atoms with Crippen molar-refractivity contribution in [3.8, 4) is 0 Å². The Morgan fingerprint density at radius 2 is 1.96 bits per heavy atom. The minimum atomic E-state index is -0.457. The Morgan fingerprint density at radius 1 is 1.22 bits per heavy atom. The maximum Gasteiger partial charge on any atom is 0.251 e. The number of carbonyl (C=O) groups is 2. The molecule has 0 aromatic heterocycles. The Hall–Kier alpha value is -2.69. The van der Waals surface area contributed by atoms with Gasteiger partial charge < -0.3 is 10.2 Å². The molecule has 0 aliphatic carbocycles. The molecule has 23 heavy (non-hydrogen) atoms. The first kappa shape index (κ1) is 15.2. The van der Waals surface area contributed by atoms with Gasteiger partial charge in [-0.05, 0) is 37.3 Å². The van der Waals surface area contributed by atoms with Gasteiger partial charge in [0.2, 0.25) is 5.91 Å². The molecule has 2 aromatic carbocycles. The molecule has 2 amide bonds. The molecular weight excluding hydrogens is 295 g/mol. The number of halogens is 1. The maximum atomic E-state index is 13.2. The number of aryl methyl sites for hydroxylation is 1. The summed E-state index contributed by atoms with van der Waals surface area (Å²) in [6.45, 7) is 2.40. The van der Waals surface area contributed by atoms with E-state index in [1.54, 1.807) is 11.0 Å². The van der Waals surface area contributed by atoms with Crippen molar-refractivity contribution in [2.45, 2.75) is 19.4 Å². The largest absolute Gasteiger partial charge is 0.347 e. The van der Waals surface area contributed by atoms with Crippen LogP contribution in [0.5, 0.6) is 0 Å². The van der Waals surface area contributed by atoms with E-state index in [4.69, 9.17) is 0 Å². The van der Waals surface area contributed by atoms with E-state index >= 15 is 0 Å². The highest BCUT2D eigenvalue weighted by atomic mass is 19.1. The van der Waals surface area contributed by atoms with E-state index < -0.39 is 5.82 Å². The maximum absolute atomic E-state index is 13.2. The van der Waals surface area contributed by atoms with Crippen LogP contribution in [0.4, 0.5) is 10.1 Å². The van der Waals surface area contributed by atoms with Gasteiger partial charge in [-0.25, -0.2) is 4.39 Å². The van der Waals surface area contributed by atoms with E-state index in [1.165, 1.54) is 18.2 Å². The summed E-state index contributed by atoms with van der Waals surface area (Å²) in [6.07, 6.45) is 0.245. The first-order valence-electron chi connectivity index (χ1n) is 7.46. The van der Waals surface area contributed by atoms with Gasteiger partial charge in [0.05, 0.1) is 6.04 Å². The van der Waals surface area contributed by atoms with Crippen LogP contribution in [-0.4, -0.2) is 24.4 Å². The lowest BCUT2D eigenvalue weighted by Gasteiger charge is -2.17. The smallest absolute Gasteiger partial charge is 0.251 e. The van der Waals surface area contributed by atoms with Crippen LogP contribution in [0.2, 0.25) is 0 Å². The summed E-state index contributed by atoms with van der Waals surface area (Å²) in [6, 6.07) is 12.9. The van der Waals surface area contributed by atoms with Crippen molar-refractivity contribution < 1.29 is 14.0 Å². The predicted molar refractivity (Wildman–Crippen MR) is 85.8 cm³/mol. The molecule has 3 rings (SSSR count). The van der Waals surface area contributed by atoms with Gasteiger partial charge in [0, 0.05) is 24.2 Å². The molecule has 118 valence electrons. The van der Waals surface area contributed by atoms with Crippen molar-refractivity contribution in [2.24, 2.45) is 0 Å². The van der Waals surface area contributed by atoms with Crippen LogP contribution in [-0.2, 0) is 4.79 Å². The van der Waals surface area contributed by atoms with Gasteiger partial charge in [0.1, 0.15) is 5.82 Å². The molecular formula is C18H17FN2O2. The predicted octanol–water partition coefficient (Wildman–Crippen LogP) is 2.67. The summed E-state index contributed by atoms with van der Waals surface area (Å²) >= 11 is 0. The molecule has 1 saturated heterocycles. The van der Waals surface area contributed by atoms with Crippen LogP contribution in [0.15, 0.2) is 48.5 Å². The van der Waals surface area contributed by atoms with E-state index in [0.29, 0.717) is 6.54 Å². The first-order chi connectivity index (χ1) is 11.0. The SMILES string of the molecule is Cc1ccc(N2C[C@@H](NC(=O)c3cccc(F)c3)CC2=O)cc1. The zero-order chi connectivity index (χ0) is 16.4. The highest BCUT2D eigenvalue weighted by Gasteiger charge is 2.31. The Kier molecular flexibility index (Phi) is 4.10. The summed E-state index contributed by atoms with van der Waals surface area (Å²) in [4.78, 5) is 26.0. The van der Waals surface area contributed by atoms with Crippen molar-refractivity contribution in [1.82, 2.24) is 5.32 Å². The molecule has 1 heterocycles. The third kappa shape index (κ3) is 3.39. The fourth-order valence-electron chi connectivity index (χ4n) is 2.68. The van der Waals surface area contributed by atoms with Gasteiger partial charge in [-0.2, -0.15) is 0 Å². The Morgan fingerprint density at radius 3 is 2.65 bits per heavy atom. The summed E-state index contributed by atoms with van der Waals surface area (Å²) < 4.78 is 13.2. The molecule has 2 aromatic rings. The number of anilines is 1. The van der Waals surface area contributed by atoms with E-state index in [9.17, 15) is 14.0 Å². The van der Waals surface area contributed by atoms with Crippen LogP contribution in [0.25, 0.3) is 0 Å². The molecule has 0 radical (unpaired) electrons. The number of hydrogen-bond acceptors (Lipinski definition) is 2. The third-order valence-corrected chi connectivity index (χ3v) is 3.89. The summed E-state index contributed by atoms with van der Waals surface area (Å²) in [5.74, 6) is -0.854. The molecule has 5 heteroatoms. The number of benzene rings is 2. The van der Waals surface area contributed by atoms with Crippen molar-refractivity contribution in [2.75, 3.05) is 11.4 Å². The second-order valence-corrected chi connectivity index (χ2v) is 5.72. The number of nitrogens with zero attached hydrogens (tertiary/aromatic N) is 1. The van der Waals surface area contributed by atoms with Gasteiger partial charge in [0.15, 0.2) is 0 Å². The van der Waals surface area contributed by atoms with Crippen LogP contribution >= 0.6 is 0 Å². The minimum absolute atomic E-state index is 0.0293. The van der Waals surface area contributed by atoms with Crippen LogP contribution in [0, 0.1) is 12.7 Å². The fourth-order valence-corrected chi connectivity index (χ4v) is 2.68. The molecule has 1 aliphatic rings. The fraction of sp³-hybridized carbons (Fsp3) is 0.222. The number of hydrogen-bond donors (Lipinski definition) is 1. The van der Waals surface area contributed by atoms with E-state index in [2.05, 4.69) is 5.32 Å². The average Bonchev–Trinajstić information content (AvgIpc) is 2.88. The number of amides is 2. The Labute approximate surface area is 133 Å². The molecule has 0 spiro atoms. The molecule has 0 bridgehead atoms. The lowest BCUT2D eigenvalue weighted by atomic mass is 10.2. The van der Waals surface area contributed by atoms with Crippen molar-refractivity contribution >= 4 is 17.5 Å². The lowest BCUT2D eigenvalue weighted by Crippen LogP contribution is -2.37. The van der Waals surface area contributed by atoms with Crippen LogP contribution in [0.3, 0.4) is 0 Å². The minimum Gasteiger partial charge on any atom is -0.347 e. The van der Waals surface area contributed by atoms with Crippen LogP contribution < -0.4 is 10.2 Å². The standard InChI is InChI=1S/C18H17FN2O2/c1-12-5-7-16(8-6-12)21-11-15(10-17(21)22)20-18(23)13-3-2-4-14(19)9-13/h2-9,15H,10-11H2,1H3,(H,20,23)/t15-/m0/s1. The van der Waals surface area contributed by atoms with E-state index in [0.717, 1.165) is 11.3 Å². The van der Waals surface area contributed by atoms with Gasteiger partial charge in [-0.1, -0.05) is 23.8 Å². The molecule has 1 aliphatic heterocycles. The monoisotopic (exact) mass is 312 g/mol. The zero-order valence-electron chi connectivity index (χ0n) is 12.8. The quantitative estimate of drug-likeness (QED) is 0.947. The molecule has 0 unspecified atom stereocenters. The normalized spacial score (nSPS) is 17.4. The number of nitrogens with one attached hydrogen (secondary N) is 1. The van der Waals surface area contributed by atoms with Crippen molar-refractivity contribution in [3.05, 3.63) is 65.5 Å². The second-order valence-electron chi connectivity index (χ2n) is 5.72. The van der Waals surface area contributed by atoms with Crippen molar-refractivity contribution in [3.63, 3.8) is 0 Å². The summed E-state index contributed by atoms with van der Waals surface area (Å²) in [5.41, 5.74) is 2.20. The molecule has 1 fully saturated rings. The Bertz CT molecular complexity index is 743. The van der Waals surface area contributed by atoms with E-state index in [-0.39, 0.29) is 29.8 Å².